The molecule has 0 radical (unpaired) electrons. The smallest absolute Gasteiger partial charge is 0.297 e. The zero-order chi connectivity index (χ0) is 16.8. The number of nitro benzene ring substituents is 1. The van der Waals surface area contributed by atoms with Gasteiger partial charge in [-0.3, -0.25) is 10.1 Å². The van der Waals surface area contributed by atoms with E-state index >= 15 is 0 Å². The van der Waals surface area contributed by atoms with Gasteiger partial charge in [0.2, 0.25) is 0 Å². The summed E-state index contributed by atoms with van der Waals surface area (Å²) in [6.07, 6.45) is 2.89. The molecule has 0 atom stereocenters. The van der Waals surface area contributed by atoms with Crippen molar-refractivity contribution in [2.45, 2.75) is 39.7 Å². The number of benzene rings is 1. The van der Waals surface area contributed by atoms with Gasteiger partial charge >= 0.3 is 0 Å². The molecule has 0 aliphatic heterocycles. The summed E-state index contributed by atoms with van der Waals surface area (Å²) < 4.78 is 12.6. The fraction of sp³-hybridized carbons (Fsp3) is 0.529. The third-order valence-corrected chi connectivity index (χ3v) is 3.88. The Labute approximate surface area is 136 Å². The van der Waals surface area contributed by atoms with E-state index in [-0.39, 0.29) is 10.6 Å². The van der Waals surface area contributed by atoms with Crippen LogP contribution in [-0.4, -0.2) is 29.8 Å². The lowest BCUT2D eigenvalue weighted by Gasteiger charge is -2.10. The first-order valence-electron chi connectivity index (χ1n) is 8.04. The summed E-state index contributed by atoms with van der Waals surface area (Å²) in [6, 6.07) is 5.42. The SMILES string of the molecule is CCCCn1c(CC)cc2cc(OCCOC)cc([N+](=O)[O-])c21. The number of methoxy groups -OCH3 is 1. The van der Waals surface area contributed by atoms with Gasteiger partial charge in [0.05, 0.1) is 17.6 Å². The van der Waals surface area contributed by atoms with E-state index in [0.717, 1.165) is 36.9 Å². The third-order valence-electron chi connectivity index (χ3n) is 3.88. The fourth-order valence-electron chi connectivity index (χ4n) is 2.75. The van der Waals surface area contributed by atoms with Crippen LogP contribution in [-0.2, 0) is 17.7 Å². The molecule has 0 aliphatic rings. The van der Waals surface area contributed by atoms with Crippen LogP contribution in [0.4, 0.5) is 5.69 Å². The highest BCUT2D eigenvalue weighted by Gasteiger charge is 2.20. The van der Waals surface area contributed by atoms with Crippen molar-refractivity contribution in [1.82, 2.24) is 4.57 Å². The van der Waals surface area contributed by atoms with Gasteiger partial charge < -0.3 is 14.0 Å². The normalized spacial score (nSPS) is 11.1. The highest BCUT2D eigenvalue weighted by atomic mass is 16.6. The summed E-state index contributed by atoms with van der Waals surface area (Å²) >= 11 is 0. The van der Waals surface area contributed by atoms with Crippen molar-refractivity contribution in [1.29, 1.82) is 0 Å². The molecule has 6 heteroatoms. The highest BCUT2D eigenvalue weighted by molar-refractivity contribution is 5.91. The molecule has 0 spiro atoms. The number of aromatic nitrogens is 1. The molecule has 0 saturated carbocycles. The van der Waals surface area contributed by atoms with Gasteiger partial charge in [-0.25, -0.2) is 0 Å². The Morgan fingerprint density at radius 2 is 2.00 bits per heavy atom. The number of hydrogen-bond donors (Lipinski definition) is 0. The van der Waals surface area contributed by atoms with Crippen LogP contribution in [0.25, 0.3) is 10.9 Å². The Morgan fingerprint density at radius 1 is 1.22 bits per heavy atom. The molecular formula is C17H24N2O4. The average Bonchev–Trinajstić information content (AvgIpc) is 2.89. The van der Waals surface area contributed by atoms with E-state index in [1.165, 1.54) is 6.07 Å². The second-order valence-corrected chi connectivity index (χ2v) is 5.47. The maximum atomic E-state index is 11.5. The number of non-ortho nitro benzene ring substituents is 1. The lowest BCUT2D eigenvalue weighted by atomic mass is 10.2. The summed E-state index contributed by atoms with van der Waals surface area (Å²) in [5.41, 5.74) is 1.91. The van der Waals surface area contributed by atoms with E-state index in [4.69, 9.17) is 9.47 Å². The van der Waals surface area contributed by atoms with Gasteiger partial charge in [-0.15, -0.1) is 0 Å². The van der Waals surface area contributed by atoms with Gasteiger partial charge in [-0.1, -0.05) is 20.3 Å². The van der Waals surface area contributed by atoms with Crippen LogP contribution in [0.15, 0.2) is 18.2 Å². The monoisotopic (exact) mass is 320 g/mol. The molecule has 1 heterocycles. The van der Waals surface area contributed by atoms with Crippen LogP contribution in [0.1, 0.15) is 32.4 Å². The minimum Gasteiger partial charge on any atom is -0.491 e. The van der Waals surface area contributed by atoms with E-state index in [1.54, 1.807) is 7.11 Å². The maximum absolute atomic E-state index is 11.5. The molecule has 2 aromatic rings. The molecule has 2 rings (SSSR count). The van der Waals surface area contributed by atoms with E-state index < -0.39 is 0 Å². The van der Waals surface area contributed by atoms with E-state index in [1.807, 2.05) is 12.1 Å². The van der Waals surface area contributed by atoms with Crippen LogP contribution >= 0.6 is 0 Å². The summed E-state index contributed by atoms with van der Waals surface area (Å²) in [5.74, 6) is 0.511. The quantitative estimate of drug-likeness (QED) is 0.399. The van der Waals surface area contributed by atoms with Gasteiger partial charge in [0, 0.05) is 24.7 Å². The van der Waals surface area contributed by atoms with Crippen LogP contribution in [0, 0.1) is 10.1 Å². The number of unbranched alkanes of at least 4 members (excludes halogenated alkanes) is 1. The summed E-state index contributed by atoms with van der Waals surface area (Å²) in [6.45, 7) is 5.81. The molecule has 1 aromatic heterocycles. The summed E-state index contributed by atoms with van der Waals surface area (Å²) in [5, 5.41) is 12.4. The van der Waals surface area contributed by atoms with Gasteiger partial charge in [0.15, 0.2) is 0 Å². The Balaban J connectivity index is 2.52. The first-order chi connectivity index (χ1) is 11.1. The maximum Gasteiger partial charge on any atom is 0.297 e. The molecule has 0 bridgehead atoms. The Bertz CT molecular complexity index is 679. The number of hydrogen-bond acceptors (Lipinski definition) is 4. The van der Waals surface area contributed by atoms with Crippen molar-refractivity contribution in [2.75, 3.05) is 20.3 Å². The van der Waals surface area contributed by atoms with Crippen molar-refractivity contribution in [2.24, 2.45) is 0 Å². The molecule has 1 aromatic carbocycles. The molecule has 0 aliphatic carbocycles. The molecule has 0 fully saturated rings. The Hall–Kier alpha value is -2.08. The number of nitro groups is 1. The lowest BCUT2D eigenvalue weighted by Crippen LogP contribution is -2.06. The minimum atomic E-state index is -0.326. The van der Waals surface area contributed by atoms with Gasteiger partial charge in [0.25, 0.3) is 5.69 Å². The van der Waals surface area contributed by atoms with Crippen LogP contribution in [0.5, 0.6) is 5.75 Å². The largest absolute Gasteiger partial charge is 0.491 e. The predicted molar refractivity (Wildman–Crippen MR) is 90.2 cm³/mol. The Morgan fingerprint density at radius 3 is 2.61 bits per heavy atom. The zero-order valence-electron chi connectivity index (χ0n) is 14.0. The van der Waals surface area contributed by atoms with Gasteiger partial charge in [-0.2, -0.15) is 0 Å². The Kier molecular flexibility index (Phi) is 5.98. The number of nitrogens with zero attached hydrogens (tertiary/aromatic N) is 2. The molecule has 6 nitrogen and oxygen atoms in total. The number of aryl methyl sites for hydroxylation is 2. The highest BCUT2D eigenvalue weighted by Crippen LogP contribution is 2.34. The standard InChI is InChI=1S/C17H24N2O4/c1-4-6-7-18-14(5-2)10-13-11-15(23-9-8-22-3)12-16(17(13)18)19(20)21/h10-12H,4-9H2,1-3H3. The molecule has 0 N–H and O–H groups in total. The lowest BCUT2D eigenvalue weighted by molar-refractivity contribution is -0.383. The van der Waals surface area contributed by atoms with Crippen molar-refractivity contribution < 1.29 is 14.4 Å². The van der Waals surface area contributed by atoms with Crippen molar-refractivity contribution in [3.05, 3.63) is 34.0 Å². The molecule has 23 heavy (non-hydrogen) atoms. The molecule has 126 valence electrons. The van der Waals surface area contributed by atoms with Crippen LogP contribution in [0.2, 0.25) is 0 Å². The van der Waals surface area contributed by atoms with Gasteiger partial charge in [-0.05, 0) is 25.0 Å². The van der Waals surface area contributed by atoms with Crippen LogP contribution < -0.4 is 4.74 Å². The second-order valence-electron chi connectivity index (χ2n) is 5.47. The zero-order valence-corrected chi connectivity index (χ0v) is 14.0. The van der Waals surface area contributed by atoms with E-state index in [0.29, 0.717) is 24.5 Å². The second kappa shape index (κ2) is 7.97. The van der Waals surface area contributed by atoms with Gasteiger partial charge in [0.1, 0.15) is 17.9 Å². The summed E-state index contributed by atoms with van der Waals surface area (Å²) in [7, 11) is 1.59. The molecule has 0 unspecified atom stereocenters. The topological polar surface area (TPSA) is 66.5 Å². The third kappa shape index (κ3) is 3.82. The number of fused-ring (bicyclic) bond motifs is 1. The van der Waals surface area contributed by atoms with Crippen molar-refractivity contribution in [3.8, 4) is 5.75 Å². The first kappa shape index (κ1) is 17.3. The number of ether oxygens (including phenoxy) is 2. The number of rotatable bonds is 9. The minimum absolute atomic E-state index is 0.103. The predicted octanol–water partition coefficient (Wildman–Crippen LogP) is 3.94. The van der Waals surface area contributed by atoms with E-state index in [9.17, 15) is 10.1 Å². The first-order valence-corrected chi connectivity index (χ1v) is 8.04. The molecular weight excluding hydrogens is 296 g/mol. The van der Waals surface area contributed by atoms with E-state index in [2.05, 4.69) is 18.4 Å². The van der Waals surface area contributed by atoms with Crippen molar-refractivity contribution in [3.63, 3.8) is 0 Å². The average molecular weight is 320 g/mol. The molecule has 0 saturated heterocycles. The summed E-state index contributed by atoms with van der Waals surface area (Å²) in [4.78, 5) is 11.2. The fourth-order valence-corrected chi connectivity index (χ4v) is 2.75. The van der Waals surface area contributed by atoms with Crippen LogP contribution in [0.3, 0.4) is 0 Å². The van der Waals surface area contributed by atoms with Crippen molar-refractivity contribution >= 4 is 16.6 Å². The molecule has 0 amide bonds.